The number of carbonyl (C=O) groups excluding carboxylic acids is 2. The second-order valence-electron chi connectivity index (χ2n) is 4.50. The van der Waals surface area contributed by atoms with Gasteiger partial charge in [-0.05, 0) is 0 Å². The number of alkyl halides is 1. The molecule has 4 nitrogen and oxygen atoms in total. The van der Waals surface area contributed by atoms with E-state index in [1.807, 2.05) is 4.90 Å². The predicted molar refractivity (Wildman–Crippen MR) is 70.4 cm³/mol. The summed E-state index contributed by atoms with van der Waals surface area (Å²) >= 11 is 5.93. The van der Waals surface area contributed by atoms with Crippen molar-refractivity contribution in [1.29, 1.82) is 0 Å². The van der Waals surface area contributed by atoms with Crippen LogP contribution in [0.4, 0.5) is 0 Å². The van der Waals surface area contributed by atoms with Gasteiger partial charge in [0.1, 0.15) is 5.56 Å². The normalized spacial score (nSPS) is 23.1. The van der Waals surface area contributed by atoms with Gasteiger partial charge in [0, 0.05) is 23.7 Å². The number of hydrogen-bond acceptors (Lipinski definition) is 4. The van der Waals surface area contributed by atoms with Crippen molar-refractivity contribution in [3.05, 3.63) is 47.2 Å². The number of carbonyl (C=O) groups is 2. The van der Waals surface area contributed by atoms with E-state index in [9.17, 15) is 9.59 Å². The van der Waals surface area contributed by atoms with Crippen LogP contribution < -0.4 is 0 Å². The molecule has 1 aliphatic carbocycles. The minimum absolute atomic E-state index is 0.124. The molecule has 0 saturated carbocycles. The van der Waals surface area contributed by atoms with E-state index in [-0.39, 0.29) is 11.6 Å². The van der Waals surface area contributed by atoms with E-state index in [1.54, 1.807) is 24.3 Å². The van der Waals surface area contributed by atoms with Crippen molar-refractivity contribution in [2.75, 3.05) is 19.7 Å². The molecule has 0 bridgehead atoms. The van der Waals surface area contributed by atoms with Crippen LogP contribution in [0.5, 0.6) is 0 Å². The number of ketones is 2. The fourth-order valence-corrected chi connectivity index (χ4v) is 2.62. The Morgan fingerprint density at radius 3 is 2.68 bits per heavy atom. The molecule has 1 fully saturated rings. The molecule has 5 heteroatoms. The number of ether oxygens (including phenoxy) is 1. The van der Waals surface area contributed by atoms with Gasteiger partial charge in [-0.2, -0.15) is 0 Å². The molecule has 1 atom stereocenters. The monoisotopic (exact) mass is 277 g/mol. The smallest absolute Gasteiger partial charge is 0.209 e. The molecule has 0 amide bonds. The summed E-state index contributed by atoms with van der Waals surface area (Å²) in [6.07, 6.45) is 1.40. The number of rotatable bonds is 1. The molecule has 19 heavy (non-hydrogen) atoms. The van der Waals surface area contributed by atoms with Crippen LogP contribution in [-0.4, -0.2) is 41.7 Å². The quantitative estimate of drug-likeness (QED) is 0.735. The van der Waals surface area contributed by atoms with E-state index in [4.69, 9.17) is 16.3 Å². The van der Waals surface area contributed by atoms with Gasteiger partial charge in [-0.15, -0.1) is 0 Å². The van der Waals surface area contributed by atoms with Crippen molar-refractivity contribution in [3.63, 3.8) is 0 Å². The van der Waals surface area contributed by atoms with Crippen molar-refractivity contribution in [2.45, 2.75) is 5.56 Å². The second-order valence-corrected chi connectivity index (χ2v) is 4.98. The molecule has 0 radical (unpaired) electrons. The van der Waals surface area contributed by atoms with Crippen LogP contribution in [0, 0.1) is 0 Å². The third-order valence-corrected chi connectivity index (χ3v) is 3.57. The fourth-order valence-electron chi connectivity index (χ4n) is 2.36. The molecule has 1 heterocycles. The van der Waals surface area contributed by atoms with Crippen molar-refractivity contribution in [3.8, 4) is 0 Å². The lowest BCUT2D eigenvalue weighted by Crippen LogP contribution is -2.42. The number of nitrogens with zero attached hydrogens (tertiary/aromatic N) is 1. The van der Waals surface area contributed by atoms with E-state index >= 15 is 0 Å². The maximum Gasteiger partial charge on any atom is 0.209 e. The first kappa shape index (κ1) is 12.4. The summed E-state index contributed by atoms with van der Waals surface area (Å²) in [5.41, 5.74) is 0.891. The van der Waals surface area contributed by atoms with Crippen molar-refractivity contribution >= 4 is 23.2 Å². The van der Waals surface area contributed by atoms with Gasteiger partial charge in [-0.3, -0.25) is 9.59 Å². The first-order valence-corrected chi connectivity index (χ1v) is 6.51. The molecule has 0 aromatic heterocycles. The summed E-state index contributed by atoms with van der Waals surface area (Å²) in [6, 6.07) is 6.87. The van der Waals surface area contributed by atoms with Gasteiger partial charge < -0.3 is 9.64 Å². The van der Waals surface area contributed by atoms with E-state index < -0.39 is 5.56 Å². The molecule has 3 rings (SSSR count). The van der Waals surface area contributed by atoms with E-state index in [1.165, 1.54) is 6.08 Å². The molecule has 1 aliphatic heterocycles. The first-order valence-electron chi connectivity index (χ1n) is 6.07. The Morgan fingerprint density at radius 1 is 1.21 bits per heavy atom. The fraction of sp³-hybridized carbons (Fsp3) is 0.286. The van der Waals surface area contributed by atoms with Crippen LogP contribution in [0.1, 0.15) is 20.7 Å². The standard InChI is InChI=1S/C14H12ClNO3/c15-13-8-16(5-6-19-13)11-7-12(17)9-3-1-2-4-10(9)14(11)18/h1-4,7,13H,5-6,8H2. The van der Waals surface area contributed by atoms with Gasteiger partial charge in [0.2, 0.25) is 5.78 Å². The minimum Gasteiger partial charge on any atom is -0.362 e. The average molecular weight is 278 g/mol. The zero-order chi connectivity index (χ0) is 13.4. The van der Waals surface area contributed by atoms with Crippen LogP contribution in [0.2, 0.25) is 0 Å². The van der Waals surface area contributed by atoms with Gasteiger partial charge in [0.25, 0.3) is 0 Å². The van der Waals surface area contributed by atoms with Crippen molar-refractivity contribution in [1.82, 2.24) is 4.90 Å². The third-order valence-electron chi connectivity index (χ3n) is 3.30. The molecule has 1 aromatic rings. The van der Waals surface area contributed by atoms with Gasteiger partial charge >= 0.3 is 0 Å². The molecule has 1 unspecified atom stereocenters. The summed E-state index contributed by atoms with van der Waals surface area (Å²) in [4.78, 5) is 26.3. The Labute approximate surface area is 115 Å². The highest BCUT2D eigenvalue weighted by Gasteiger charge is 2.30. The van der Waals surface area contributed by atoms with E-state index in [0.29, 0.717) is 36.5 Å². The number of benzene rings is 1. The molecule has 1 saturated heterocycles. The molecule has 1 aromatic carbocycles. The highest BCUT2D eigenvalue weighted by Crippen LogP contribution is 2.25. The Balaban J connectivity index is 1.96. The Kier molecular flexibility index (Phi) is 3.12. The number of morpholine rings is 1. The second kappa shape index (κ2) is 4.79. The third kappa shape index (κ3) is 2.17. The van der Waals surface area contributed by atoms with Gasteiger partial charge in [0.05, 0.1) is 18.8 Å². The zero-order valence-electron chi connectivity index (χ0n) is 10.1. The number of fused-ring (bicyclic) bond motifs is 1. The van der Waals surface area contributed by atoms with Crippen LogP contribution in [0.25, 0.3) is 0 Å². The highest BCUT2D eigenvalue weighted by molar-refractivity contribution is 6.24. The molecule has 0 spiro atoms. The number of allylic oxidation sites excluding steroid dienone is 2. The van der Waals surface area contributed by atoms with E-state index in [2.05, 4.69) is 0 Å². The van der Waals surface area contributed by atoms with Gasteiger partial charge in [0.15, 0.2) is 5.78 Å². The minimum atomic E-state index is -0.449. The summed E-state index contributed by atoms with van der Waals surface area (Å²) in [5, 5.41) is 0. The van der Waals surface area contributed by atoms with Gasteiger partial charge in [-0.1, -0.05) is 35.9 Å². The first-order chi connectivity index (χ1) is 9.16. The predicted octanol–water partition coefficient (Wildman–Crippen LogP) is 1.85. The Morgan fingerprint density at radius 2 is 1.95 bits per heavy atom. The molecule has 2 aliphatic rings. The summed E-state index contributed by atoms with van der Waals surface area (Å²) < 4.78 is 5.23. The van der Waals surface area contributed by atoms with Crippen molar-refractivity contribution in [2.24, 2.45) is 0 Å². The van der Waals surface area contributed by atoms with Crippen LogP contribution in [-0.2, 0) is 4.74 Å². The maximum absolute atomic E-state index is 12.4. The summed E-state index contributed by atoms with van der Waals surface area (Å²) in [7, 11) is 0. The average Bonchev–Trinajstić information content (AvgIpc) is 2.43. The zero-order valence-corrected chi connectivity index (χ0v) is 10.9. The highest BCUT2D eigenvalue weighted by atomic mass is 35.5. The molecule has 98 valence electrons. The molecule has 0 N–H and O–H groups in total. The summed E-state index contributed by atoms with van der Waals surface area (Å²) in [6.45, 7) is 1.43. The summed E-state index contributed by atoms with van der Waals surface area (Å²) in [5.74, 6) is -0.260. The number of Topliss-reactive ketones (excluding diaryl/α,β-unsaturated/α-hetero) is 1. The Bertz CT molecular complexity index is 582. The largest absolute Gasteiger partial charge is 0.362 e. The number of hydrogen-bond donors (Lipinski definition) is 0. The van der Waals surface area contributed by atoms with Crippen LogP contribution >= 0.6 is 11.6 Å². The maximum atomic E-state index is 12.4. The molecular formula is C14H12ClNO3. The van der Waals surface area contributed by atoms with Crippen LogP contribution in [0.15, 0.2) is 36.0 Å². The van der Waals surface area contributed by atoms with Crippen LogP contribution in [0.3, 0.4) is 0 Å². The van der Waals surface area contributed by atoms with Gasteiger partial charge in [-0.25, -0.2) is 0 Å². The lowest BCUT2D eigenvalue weighted by molar-refractivity contribution is 0.0271. The van der Waals surface area contributed by atoms with E-state index in [0.717, 1.165) is 0 Å². The number of halogens is 1. The SMILES string of the molecule is O=C1C=C(N2CCOC(Cl)C2)C(=O)c2ccccc21. The lowest BCUT2D eigenvalue weighted by Gasteiger charge is -2.34. The van der Waals surface area contributed by atoms with Crippen molar-refractivity contribution < 1.29 is 14.3 Å². The Hall–Kier alpha value is -1.65. The lowest BCUT2D eigenvalue weighted by atomic mass is 9.92. The topological polar surface area (TPSA) is 46.6 Å². The molecular weight excluding hydrogens is 266 g/mol.